The lowest BCUT2D eigenvalue weighted by Crippen LogP contribution is -2.34. The first kappa shape index (κ1) is 15.0. The van der Waals surface area contributed by atoms with Crippen molar-refractivity contribution in [3.8, 4) is 0 Å². The van der Waals surface area contributed by atoms with E-state index in [1.165, 1.54) is 31.2 Å². The zero-order valence-corrected chi connectivity index (χ0v) is 13.4. The predicted octanol–water partition coefficient (Wildman–Crippen LogP) is 2.92. The third-order valence-corrected chi connectivity index (χ3v) is 5.21. The Hall–Kier alpha value is -0.910. The van der Waals surface area contributed by atoms with E-state index in [-0.39, 0.29) is 18.1 Å². The minimum atomic E-state index is -0.0543. The summed E-state index contributed by atoms with van der Waals surface area (Å²) in [5.74, 6) is 0.212. The van der Waals surface area contributed by atoms with Gasteiger partial charge in [-0.25, -0.2) is 0 Å². The molecular weight excluding hydrogens is 284 g/mol. The third-order valence-electron chi connectivity index (χ3n) is 4.51. The lowest BCUT2D eigenvalue weighted by Gasteiger charge is -2.24. The molecule has 3 rings (SSSR count). The number of rotatable bonds is 6. The van der Waals surface area contributed by atoms with E-state index < -0.39 is 0 Å². The van der Waals surface area contributed by atoms with E-state index in [9.17, 15) is 4.79 Å². The highest BCUT2D eigenvalue weighted by molar-refractivity contribution is 7.07. The molecule has 1 amide bonds. The molecule has 2 fully saturated rings. The lowest BCUT2D eigenvalue weighted by molar-refractivity contribution is -0.131. The standard InChI is InChI=1S/C16H24N2O2S/c1-2-14-16(19)18(8-9-20-13-5-3-4-6-13)15(17-14)12-7-10-21-11-12/h7,10-11,13-15,17H,2-6,8-9H2,1H3. The molecule has 116 valence electrons. The zero-order valence-electron chi connectivity index (χ0n) is 12.6. The molecule has 0 spiro atoms. The van der Waals surface area contributed by atoms with Gasteiger partial charge in [0.25, 0.3) is 0 Å². The number of hydrogen-bond donors (Lipinski definition) is 1. The molecule has 4 nitrogen and oxygen atoms in total. The second kappa shape index (κ2) is 6.90. The molecular formula is C16H24N2O2S. The molecule has 0 aromatic carbocycles. The second-order valence-electron chi connectivity index (χ2n) is 5.90. The van der Waals surface area contributed by atoms with Crippen LogP contribution in [0.25, 0.3) is 0 Å². The van der Waals surface area contributed by atoms with Crippen LogP contribution in [0.1, 0.15) is 50.8 Å². The fourth-order valence-electron chi connectivity index (χ4n) is 3.29. The van der Waals surface area contributed by atoms with Gasteiger partial charge in [0, 0.05) is 6.54 Å². The van der Waals surface area contributed by atoms with Crippen molar-refractivity contribution < 1.29 is 9.53 Å². The maximum atomic E-state index is 12.5. The number of hydrogen-bond acceptors (Lipinski definition) is 4. The van der Waals surface area contributed by atoms with Crippen LogP contribution in [0.5, 0.6) is 0 Å². The van der Waals surface area contributed by atoms with Crippen LogP contribution in [-0.4, -0.2) is 36.1 Å². The van der Waals surface area contributed by atoms with E-state index in [4.69, 9.17) is 4.74 Å². The van der Waals surface area contributed by atoms with E-state index in [1.54, 1.807) is 11.3 Å². The minimum absolute atomic E-state index is 0.0147. The predicted molar refractivity (Wildman–Crippen MR) is 84.2 cm³/mol. The molecule has 2 unspecified atom stereocenters. The highest BCUT2D eigenvalue weighted by Gasteiger charge is 2.38. The average molecular weight is 308 g/mol. The number of ether oxygens (including phenoxy) is 1. The van der Waals surface area contributed by atoms with E-state index in [1.807, 2.05) is 4.90 Å². The highest BCUT2D eigenvalue weighted by atomic mass is 32.1. The smallest absolute Gasteiger partial charge is 0.241 e. The van der Waals surface area contributed by atoms with Gasteiger partial charge in [0.2, 0.25) is 5.91 Å². The van der Waals surface area contributed by atoms with Gasteiger partial charge in [-0.05, 0) is 41.7 Å². The van der Waals surface area contributed by atoms with Gasteiger partial charge in [-0.3, -0.25) is 10.1 Å². The molecule has 21 heavy (non-hydrogen) atoms. The Morgan fingerprint density at radius 2 is 2.24 bits per heavy atom. The fraction of sp³-hybridized carbons (Fsp3) is 0.688. The Morgan fingerprint density at radius 3 is 2.90 bits per heavy atom. The van der Waals surface area contributed by atoms with Crippen molar-refractivity contribution in [2.24, 2.45) is 0 Å². The molecule has 2 heterocycles. The number of carbonyl (C=O) groups is 1. The molecule has 1 aromatic heterocycles. The van der Waals surface area contributed by atoms with Gasteiger partial charge >= 0.3 is 0 Å². The maximum absolute atomic E-state index is 12.5. The van der Waals surface area contributed by atoms with Gasteiger partial charge in [0.15, 0.2) is 0 Å². The molecule has 1 aliphatic carbocycles. The third kappa shape index (κ3) is 3.30. The van der Waals surface area contributed by atoms with Crippen LogP contribution in [0.4, 0.5) is 0 Å². The summed E-state index contributed by atoms with van der Waals surface area (Å²) >= 11 is 1.67. The number of thiophene rings is 1. The fourth-order valence-corrected chi connectivity index (χ4v) is 3.97. The van der Waals surface area contributed by atoms with Crippen molar-refractivity contribution in [3.05, 3.63) is 22.4 Å². The number of nitrogens with one attached hydrogen (secondary N) is 1. The van der Waals surface area contributed by atoms with Crippen LogP contribution in [-0.2, 0) is 9.53 Å². The molecule has 2 atom stereocenters. The average Bonchev–Trinajstić information content (AvgIpc) is 3.21. The van der Waals surface area contributed by atoms with Crippen LogP contribution >= 0.6 is 11.3 Å². The summed E-state index contributed by atoms with van der Waals surface area (Å²) in [5.41, 5.74) is 1.19. The van der Waals surface area contributed by atoms with Crippen LogP contribution in [0.3, 0.4) is 0 Å². The topological polar surface area (TPSA) is 41.6 Å². The van der Waals surface area contributed by atoms with Crippen molar-refractivity contribution in [2.45, 2.75) is 57.3 Å². The van der Waals surface area contributed by atoms with E-state index >= 15 is 0 Å². The summed E-state index contributed by atoms with van der Waals surface area (Å²) in [6.45, 7) is 3.38. The summed E-state index contributed by atoms with van der Waals surface area (Å²) in [7, 11) is 0. The minimum Gasteiger partial charge on any atom is -0.376 e. The number of carbonyl (C=O) groups excluding carboxylic acids is 1. The summed E-state index contributed by atoms with van der Waals surface area (Å²) < 4.78 is 5.93. The first-order chi connectivity index (χ1) is 10.3. The van der Waals surface area contributed by atoms with Gasteiger partial charge in [0.1, 0.15) is 6.17 Å². The number of amides is 1. The van der Waals surface area contributed by atoms with Crippen molar-refractivity contribution in [1.29, 1.82) is 0 Å². The van der Waals surface area contributed by atoms with Gasteiger partial charge in [-0.1, -0.05) is 19.8 Å². The molecule has 1 saturated carbocycles. The monoisotopic (exact) mass is 308 g/mol. The lowest BCUT2D eigenvalue weighted by atomic mass is 10.2. The van der Waals surface area contributed by atoms with Gasteiger partial charge < -0.3 is 9.64 Å². The SMILES string of the molecule is CCC1NC(c2ccsc2)N(CCOC2CCCC2)C1=O. The zero-order chi connectivity index (χ0) is 14.7. The second-order valence-corrected chi connectivity index (χ2v) is 6.68. The van der Waals surface area contributed by atoms with Crippen LogP contribution in [0, 0.1) is 0 Å². The van der Waals surface area contributed by atoms with Crippen molar-refractivity contribution >= 4 is 17.2 Å². The van der Waals surface area contributed by atoms with E-state index in [0.717, 1.165) is 6.42 Å². The Morgan fingerprint density at radius 1 is 1.43 bits per heavy atom. The van der Waals surface area contributed by atoms with Gasteiger partial charge in [0.05, 0.1) is 18.8 Å². The van der Waals surface area contributed by atoms with Crippen LogP contribution in [0.15, 0.2) is 16.8 Å². The summed E-state index contributed by atoms with van der Waals surface area (Å²) in [6, 6.07) is 2.04. The molecule has 0 radical (unpaired) electrons. The van der Waals surface area contributed by atoms with Crippen LogP contribution < -0.4 is 5.32 Å². The molecule has 0 bridgehead atoms. The van der Waals surface area contributed by atoms with Crippen molar-refractivity contribution in [2.75, 3.05) is 13.2 Å². The molecule has 1 aliphatic heterocycles. The summed E-state index contributed by atoms with van der Waals surface area (Å²) in [4.78, 5) is 14.4. The molecule has 2 aliphatic rings. The van der Waals surface area contributed by atoms with Gasteiger partial charge in [-0.2, -0.15) is 11.3 Å². The van der Waals surface area contributed by atoms with Crippen LogP contribution in [0.2, 0.25) is 0 Å². The number of nitrogens with zero attached hydrogens (tertiary/aromatic N) is 1. The normalized spacial score (nSPS) is 26.9. The maximum Gasteiger partial charge on any atom is 0.241 e. The first-order valence-corrected chi connectivity index (χ1v) is 8.94. The Balaban J connectivity index is 1.60. The Kier molecular flexibility index (Phi) is 4.93. The summed E-state index contributed by atoms with van der Waals surface area (Å²) in [6.07, 6.45) is 6.18. The van der Waals surface area contributed by atoms with Crippen molar-refractivity contribution in [1.82, 2.24) is 10.2 Å². The van der Waals surface area contributed by atoms with E-state index in [2.05, 4.69) is 29.1 Å². The highest BCUT2D eigenvalue weighted by Crippen LogP contribution is 2.28. The molecule has 1 N–H and O–H groups in total. The van der Waals surface area contributed by atoms with E-state index in [0.29, 0.717) is 19.3 Å². The first-order valence-electron chi connectivity index (χ1n) is 8.00. The Bertz CT molecular complexity index is 457. The van der Waals surface area contributed by atoms with Gasteiger partial charge in [-0.15, -0.1) is 0 Å². The quantitative estimate of drug-likeness (QED) is 0.878. The largest absolute Gasteiger partial charge is 0.376 e. The molecule has 1 saturated heterocycles. The molecule has 1 aromatic rings. The van der Waals surface area contributed by atoms with Crippen molar-refractivity contribution in [3.63, 3.8) is 0 Å². The molecule has 5 heteroatoms. The Labute approximate surface area is 130 Å². The summed E-state index contributed by atoms with van der Waals surface area (Å²) in [5, 5.41) is 7.63.